The maximum Gasteiger partial charge on any atom is 0.263 e. The number of primary amides is 1. The second-order valence-corrected chi connectivity index (χ2v) is 8.68. The topological polar surface area (TPSA) is 78.0 Å². The minimum atomic E-state index is -0.377. The van der Waals surface area contributed by atoms with Crippen LogP contribution in [-0.2, 0) is 17.6 Å². The quantitative estimate of drug-likeness (QED) is 0.669. The average molecular weight is 364 g/mol. The zero-order chi connectivity index (χ0) is 16.7. The van der Waals surface area contributed by atoms with Gasteiger partial charge >= 0.3 is 0 Å². The van der Waals surface area contributed by atoms with Gasteiger partial charge in [-0.1, -0.05) is 24.6 Å². The first-order valence-corrected chi connectivity index (χ1v) is 10.4. The van der Waals surface area contributed by atoms with E-state index in [1.807, 2.05) is 4.57 Å². The summed E-state index contributed by atoms with van der Waals surface area (Å²) in [4.78, 5) is 31.5. The number of fused-ring (bicyclic) bond motifs is 3. The molecule has 1 fully saturated rings. The van der Waals surface area contributed by atoms with Gasteiger partial charge in [-0.3, -0.25) is 14.2 Å². The number of hydrogen-bond acceptors (Lipinski definition) is 5. The average Bonchev–Trinajstić information content (AvgIpc) is 3.19. The Hall–Kier alpha value is -1.34. The van der Waals surface area contributed by atoms with Gasteiger partial charge in [-0.2, -0.15) is 0 Å². The van der Waals surface area contributed by atoms with Crippen LogP contribution >= 0.6 is 23.1 Å². The van der Waals surface area contributed by atoms with E-state index in [0.717, 1.165) is 55.2 Å². The molecule has 2 aliphatic rings. The number of thiophene rings is 1. The van der Waals surface area contributed by atoms with E-state index in [1.54, 1.807) is 11.3 Å². The first-order chi connectivity index (χ1) is 11.6. The normalized spacial score (nSPS) is 18.2. The van der Waals surface area contributed by atoms with E-state index in [9.17, 15) is 9.59 Å². The molecule has 2 heterocycles. The standard InChI is InChI=1S/C17H21N3O2S2/c18-13(21)9-23-17-19-15-14(11-7-3-4-8-12(11)24-15)16(22)20(17)10-5-1-2-6-10/h10H,1-9H2,(H2,18,21). The van der Waals surface area contributed by atoms with Crippen LogP contribution in [0, 0.1) is 0 Å². The first kappa shape index (κ1) is 16.1. The molecule has 24 heavy (non-hydrogen) atoms. The lowest BCUT2D eigenvalue weighted by molar-refractivity contribution is -0.115. The van der Waals surface area contributed by atoms with Crippen LogP contribution in [-0.4, -0.2) is 21.2 Å². The summed E-state index contributed by atoms with van der Waals surface area (Å²) in [6.45, 7) is 0. The maximum atomic E-state index is 13.3. The fourth-order valence-corrected chi connectivity index (χ4v) is 6.03. The molecule has 0 saturated heterocycles. The Morgan fingerprint density at radius 3 is 2.75 bits per heavy atom. The van der Waals surface area contributed by atoms with Gasteiger partial charge in [-0.05, 0) is 44.1 Å². The van der Waals surface area contributed by atoms with E-state index < -0.39 is 0 Å². The molecule has 0 aromatic carbocycles. The lowest BCUT2D eigenvalue weighted by atomic mass is 9.97. The molecule has 1 saturated carbocycles. The summed E-state index contributed by atoms with van der Waals surface area (Å²) in [5, 5.41) is 1.50. The van der Waals surface area contributed by atoms with Crippen molar-refractivity contribution in [3.8, 4) is 0 Å². The lowest BCUT2D eigenvalue weighted by Crippen LogP contribution is -2.27. The van der Waals surface area contributed by atoms with Crippen molar-refractivity contribution >= 4 is 39.2 Å². The van der Waals surface area contributed by atoms with Crippen molar-refractivity contribution in [2.45, 2.75) is 62.6 Å². The molecule has 0 spiro atoms. The smallest absolute Gasteiger partial charge is 0.263 e. The van der Waals surface area contributed by atoms with Crippen LogP contribution in [0.1, 0.15) is 55.0 Å². The number of aryl methyl sites for hydroxylation is 2. The highest BCUT2D eigenvalue weighted by Crippen LogP contribution is 2.37. The molecule has 128 valence electrons. The molecule has 0 bridgehead atoms. The van der Waals surface area contributed by atoms with Gasteiger partial charge < -0.3 is 5.73 Å². The molecule has 2 aliphatic carbocycles. The summed E-state index contributed by atoms with van der Waals surface area (Å²) < 4.78 is 1.87. The van der Waals surface area contributed by atoms with E-state index in [0.29, 0.717) is 5.16 Å². The Kier molecular flexibility index (Phi) is 4.39. The minimum absolute atomic E-state index is 0.0956. The van der Waals surface area contributed by atoms with Crippen molar-refractivity contribution in [3.05, 3.63) is 20.8 Å². The number of nitrogens with zero attached hydrogens (tertiary/aromatic N) is 2. The van der Waals surface area contributed by atoms with Gasteiger partial charge in [0, 0.05) is 10.9 Å². The van der Waals surface area contributed by atoms with Crippen LogP contribution in [0.3, 0.4) is 0 Å². The Labute approximate surface area is 148 Å². The second kappa shape index (κ2) is 6.52. The summed E-state index contributed by atoms with van der Waals surface area (Å²) in [7, 11) is 0. The molecule has 4 rings (SSSR count). The third-order valence-electron chi connectivity index (χ3n) is 5.02. The van der Waals surface area contributed by atoms with Crippen LogP contribution in [0.2, 0.25) is 0 Å². The molecule has 0 unspecified atom stereocenters. The van der Waals surface area contributed by atoms with Gasteiger partial charge in [0.25, 0.3) is 5.56 Å². The van der Waals surface area contributed by atoms with E-state index >= 15 is 0 Å². The van der Waals surface area contributed by atoms with Crippen molar-refractivity contribution in [3.63, 3.8) is 0 Å². The number of nitrogens with two attached hydrogens (primary N) is 1. The molecule has 0 atom stereocenters. The molecule has 2 aromatic rings. The zero-order valence-corrected chi connectivity index (χ0v) is 15.2. The van der Waals surface area contributed by atoms with Gasteiger partial charge in [0.1, 0.15) is 4.83 Å². The highest BCUT2D eigenvalue weighted by molar-refractivity contribution is 7.99. The molecule has 0 radical (unpaired) electrons. The Morgan fingerprint density at radius 1 is 1.25 bits per heavy atom. The van der Waals surface area contributed by atoms with Gasteiger partial charge in [0.05, 0.1) is 11.1 Å². The number of carbonyl (C=O) groups excluding carboxylic acids is 1. The zero-order valence-electron chi connectivity index (χ0n) is 13.5. The maximum absolute atomic E-state index is 13.3. The van der Waals surface area contributed by atoms with Gasteiger partial charge in [-0.25, -0.2) is 4.98 Å². The van der Waals surface area contributed by atoms with Crippen molar-refractivity contribution < 1.29 is 4.79 Å². The Balaban J connectivity index is 1.90. The molecule has 5 nitrogen and oxygen atoms in total. The Bertz CT molecular complexity index is 850. The number of hydrogen-bond donors (Lipinski definition) is 1. The molecular weight excluding hydrogens is 342 g/mol. The Morgan fingerprint density at radius 2 is 2.00 bits per heavy atom. The first-order valence-electron chi connectivity index (χ1n) is 8.63. The SMILES string of the molecule is NC(=O)CSc1nc2sc3c(c2c(=O)n1C1CCCC1)CCCC3. The summed E-state index contributed by atoms with van der Waals surface area (Å²) in [5.74, 6) is -0.215. The van der Waals surface area contributed by atoms with Crippen LogP contribution in [0.15, 0.2) is 9.95 Å². The predicted molar refractivity (Wildman–Crippen MR) is 97.9 cm³/mol. The highest BCUT2D eigenvalue weighted by Gasteiger charge is 2.27. The summed E-state index contributed by atoms with van der Waals surface area (Å²) in [6.07, 6.45) is 8.73. The largest absolute Gasteiger partial charge is 0.369 e. The molecule has 2 N–H and O–H groups in total. The van der Waals surface area contributed by atoms with Crippen molar-refractivity contribution in [1.82, 2.24) is 9.55 Å². The van der Waals surface area contributed by atoms with E-state index in [2.05, 4.69) is 0 Å². The van der Waals surface area contributed by atoms with Crippen LogP contribution < -0.4 is 11.3 Å². The van der Waals surface area contributed by atoms with Crippen LogP contribution in [0.25, 0.3) is 10.2 Å². The predicted octanol–water partition coefficient (Wildman–Crippen LogP) is 3.03. The fraction of sp³-hybridized carbons (Fsp3) is 0.588. The van der Waals surface area contributed by atoms with Crippen molar-refractivity contribution in [2.75, 3.05) is 5.75 Å². The monoisotopic (exact) mass is 363 g/mol. The second-order valence-electron chi connectivity index (χ2n) is 6.65. The van der Waals surface area contributed by atoms with Gasteiger partial charge in [0.15, 0.2) is 5.16 Å². The third kappa shape index (κ3) is 2.77. The molecular formula is C17H21N3O2S2. The van der Waals surface area contributed by atoms with Crippen LogP contribution in [0.5, 0.6) is 0 Å². The summed E-state index contributed by atoms with van der Waals surface area (Å²) >= 11 is 2.96. The van der Waals surface area contributed by atoms with E-state index in [4.69, 9.17) is 10.7 Å². The number of rotatable bonds is 4. The highest BCUT2D eigenvalue weighted by atomic mass is 32.2. The van der Waals surface area contributed by atoms with E-state index in [1.165, 1.54) is 28.6 Å². The molecule has 2 aromatic heterocycles. The van der Waals surface area contributed by atoms with E-state index in [-0.39, 0.29) is 23.3 Å². The lowest BCUT2D eigenvalue weighted by Gasteiger charge is -2.18. The fourth-order valence-electron chi connectivity index (χ4n) is 3.92. The van der Waals surface area contributed by atoms with Crippen molar-refractivity contribution in [1.29, 1.82) is 0 Å². The number of aromatic nitrogens is 2. The molecule has 0 aliphatic heterocycles. The number of carbonyl (C=O) groups is 1. The van der Waals surface area contributed by atoms with Gasteiger partial charge in [-0.15, -0.1) is 11.3 Å². The summed E-state index contributed by atoms with van der Waals surface area (Å²) in [5.41, 5.74) is 6.63. The minimum Gasteiger partial charge on any atom is -0.369 e. The molecule has 7 heteroatoms. The van der Waals surface area contributed by atoms with Gasteiger partial charge in [0.2, 0.25) is 5.91 Å². The summed E-state index contributed by atoms with van der Waals surface area (Å²) in [6, 6.07) is 0.212. The number of thioether (sulfide) groups is 1. The van der Waals surface area contributed by atoms with Crippen molar-refractivity contribution in [2.24, 2.45) is 5.73 Å². The number of amides is 1. The molecule has 1 amide bonds. The third-order valence-corrected chi connectivity index (χ3v) is 7.18. The van der Waals surface area contributed by atoms with Crippen LogP contribution in [0.4, 0.5) is 0 Å².